The van der Waals surface area contributed by atoms with Crippen molar-refractivity contribution in [2.45, 2.75) is 33.7 Å². The van der Waals surface area contributed by atoms with Gasteiger partial charge in [0.05, 0.1) is 10.4 Å². The largest absolute Gasteiger partial charge is 0.396 e. The molecule has 4 nitrogen and oxygen atoms in total. The van der Waals surface area contributed by atoms with Crippen molar-refractivity contribution in [1.82, 2.24) is 9.88 Å². The Hall–Kier alpha value is -1.62. The smallest absolute Gasteiger partial charge is 0.266 e. The molecule has 0 saturated heterocycles. The number of pyridine rings is 1. The van der Waals surface area contributed by atoms with Crippen LogP contribution in [-0.2, 0) is 0 Å². The number of nitrogens with zero attached hydrogens (tertiary/aromatic N) is 2. The Morgan fingerprint density at radius 2 is 2.10 bits per heavy atom. The molecular weight excluding hydrogens is 270 g/mol. The maximum absolute atomic E-state index is 12.7. The highest BCUT2D eigenvalue weighted by Gasteiger charge is 2.24. The van der Waals surface area contributed by atoms with Crippen molar-refractivity contribution in [3.8, 4) is 0 Å². The third kappa shape index (κ3) is 2.77. The van der Waals surface area contributed by atoms with Gasteiger partial charge in [-0.2, -0.15) is 0 Å². The quantitative estimate of drug-likeness (QED) is 0.939. The molecule has 20 heavy (non-hydrogen) atoms. The molecule has 0 bridgehead atoms. The number of hydrogen-bond acceptors (Lipinski definition) is 4. The highest BCUT2D eigenvalue weighted by atomic mass is 32.1. The van der Waals surface area contributed by atoms with Crippen molar-refractivity contribution < 1.29 is 4.79 Å². The number of hydrogen-bond donors (Lipinski definition) is 1. The molecule has 1 amide bonds. The van der Waals surface area contributed by atoms with Crippen molar-refractivity contribution in [2.75, 3.05) is 12.3 Å². The van der Waals surface area contributed by atoms with Gasteiger partial charge in [-0.15, -0.1) is 11.3 Å². The van der Waals surface area contributed by atoms with Crippen LogP contribution in [0.15, 0.2) is 18.3 Å². The average molecular weight is 291 g/mol. The van der Waals surface area contributed by atoms with E-state index in [1.807, 2.05) is 30.9 Å². The van der Waals surface area contributed by atoms with E-state index in [-0.39, 0.29) is 11.9 Å². The fourth-order valence-corrected chi connectivity index (χ4v) is 3.20. The predicted molar refractivity (Wildman–Crippen MR) is 85.0 cm³/mol. The zero-order valence-corrected chi connectivity index (χ0v) is 13.2. The van der Waals surface area contributed by atoms with Gasteiger partial charge in [-0.3, -0.25) is 9.78 Å². The number of fused-ring (bicyclic) bond motifs is 1. The van der Waals surface area contributed by atoms with Gasteiger partial charge in [-0.1, -0.05) is 13.8 Å². The zero-order valence-electron chi connectivity index (χ0n) is 12.4. The van der Waals surface area contributed by atoms with Crippen LogP contribution in [0.1, 0.15) is 37.4 Å². The third-order valence-electron chi connectivity index (χ3n) is 3.12. The summed E-state index contributed by atoms with van der Waals surface area (Å²) in [5.41, 5.74) is 7.34. The summed E-state index contributed by atoms with van der Waals surface area (Å²) in [5.74, 6) is 0.435. The van der Waals surface area contributed by atoms with Gasteiger partial charge in [0, 0.05) is 18.8 Å². The van der Waals surface area contributed by atoms with E-state index in [0.717, 1.165) is 16.8 Å². The van der Waals surface area contributed by atoms with E-state index in [1.165, 1.54) is 11.3 Å². The molecule has 0 saturated carbocycles. The van der Waals surface area contributed by atoms with Gasteiger partial charge in [0.15, 0.2) is 0 Å². The Balaban J connectivity index is 2.41. The van der Waals surface area contributed by atoms with Crippen LogP contribution in [0.25, 0.3) is 10.2 Å². The Morgan fingerprint density at radius 1 is 1.40 bits per heavy atom. The molecule has 2 rings (SSSR count). The number of rotatable bonds is 4. The van der Waals surface area contributed by atoms with Crippen molar-refractivity contribution >= 4 is 33.1 Å². The highest BCUT2D eigenvalue weighted by Crippen LogP contribution is 2.33. The van der Waals surface area contributed by atoms with Gasteiger partial charge in [0.1, 0.15) is 10.4 Å². The van der Waals surface area contributed by atoms with Crippen molar-refractivity contribution in [3.05, 3.63) is 23.2 Å². The van der Waals surface area contributed by atoms with Gasteiger partial charge in [0.25, 0.3) is 5.91 Å². The summed E-state index contributed by atoms with van der Waals surface area (Å²) in [6, 6.07) is 3.96. The minimum atomic E-state index is 0.00852. The van der Waals surface area contributed by atoms with E-state index in [1.54, 1.807) is 6.20 Å². The van der Waals surface area contributed by atoms with Crippen LogP contribution < -0.4 is 5.73 Å². The number of carbonyl (C=O) groups is 1. The lowest BCUT2D eigenvalue weighted by Crippen LogP contribution is -2.39. The summed E-state index contributed by atoms with van der Waals surface area (Å²) in [5, 5.41) is 0. The average Bonchev–Trinajstić information content (AvgIpc) is 2.73. The molecule has 2 N–H and O–H groups in total. The molecule has 2 aromatic rings. The topological polar surface area (TPSA) is 59.2 Å². The van der Waals surface area contributed by atoms with Crippen molar-refractivity contribution in [3.63, 3.8) is 0 Å². The van der Waals surface area contributed by atoms with Crippen LogP contribution in [0.2, 0.25) is 0 Å². The maximum atomic E-state index is 12.7. The molecule has 0 aromatic carbocycles. The minimum absolute atomic E-state index is 0.00852. The second-order valence-electron chi connectivity index (χ2n) is 5.64. The number of anilines is 1. The molecule has 0 spiro atoms. The van der Waals surface area contributed by atoms with Crippen LogP contribution in [0, 0.1) is 5.92 Å². The Morgan fingerprint density at radius 3 is 2.65 bits per heavy atom. The van der Waals surface area contributed by atoms with Crippen LogP contribution in [0.5, 0.6) is 0 Å². The van der Waals surface area contributed by atoms with E-state index >= 15 is 0 Å². The second kappa shape index (κ2) is 5.79. The molecule has 0 aliphatic heterocycles. The number of nitrogens with two attached hydrogens (primary N) is 1. The third-order valence-corrected chi connectivity index (χ3v) is 4.27. The van der Waals surface area contributed by atoms with E-state index in [2.05, 4.69) is 18.8 Å². The van der Waals surface area contributed by atoms with Crippen LogP contribution in [-0.4, -0.2) is 28.4 Å². The molecule has 2 heterocycles. The van der Waals surface area contributed by atoms with E-state index in [4.69, 9.17) is 5.73 Å². The summed E-state index contributed by atoms with van der Waals surface area (Å²) in [4.78, 5) is 19.5. The number of carbonyl (C=O) groups excluding carboxylic acids is 1. The fraction of sp³-hybridized carbons (Fsp3) is 0.467. The summed E-state index contributed by atoms with van der Waals surface area (Å²) < 4.78 is 0.960. The molecule has 2 aromatic heterocycles. The van der Waals surface area contributed by atoms with Crippen molar-refractivity contribution in [1.29, 1.82) is 0 Å². The highest BCUT2D eigenvalue weighted by molar-refractivity contribution is 7.21. The first-order chi connectivity index (χ1) is 9.41. The van der Waals surface area contributed by atoms with Gasteiger partial charge < -0.3 is 10.6 Å². The summed E-state index contributed by atoms with van der Waals surface area (Å²) in [7, 11) is 0. The Bertz CT molecular complexity index is 619. The van der Waals surface area contributed by atoms with Crippen LogP contribution in [0.4, 0.5) is 5.69 Å². The monoisotopic (exact) mass is 291 g/mol. The van der Waals surface area contributed by atoms with E-state index < -0.39 is 0 Å². The van der Waals surface area contributed by atoms with E-state index in [0.29, 0.717) is 16.5 Å². The molecule has 0 radical (unpaired) electrons. The first-order valence-corrected chi connectivity index (χ1v) is 7.67. The van der Waals surface area contributed by atoms with Crippen molar-refractivity contribution in [2.24, 2.45) is 5.92 Å². The lowest BCUT2D eigenvalue weighted by molar-refractivity contribution is 0.0688. The number of amides is 1. The number of aromatic nitrogens is 1. The van der Waals surface area contributed by atoms with Crippen LogP contribution in [0.3, 0.4) is 0 Å². The van der Waals surface area contributed by atoms with Gasteiger partial charge >= 0.3 is 0 Å². The van der Waals surface area contributed by atoms with Gasteiger partial charge in [0.2, 0.25) is 0 Å². The minimum Gasteiger partial charge on any atom is -0.396 e. The second-order valence-corrected chi connectivity index (χ2v) is 6.69. The molecule has 0 atom stereocenters. The number of thiophene rings is 1. The van der Waals surface area contributed by atoms with Gasteiger partial charge in [-0.05, 0) is 31.9 Å². The standard InChI is InChI=1S/C15H21N3OS/c1-9(2)8-18(10(3)4)15(19)14-12(16)13-11(20-14)6-5-7-17-13/h5-7,9-10H,8,16H2,1-4H3. The summed E-state index contributed by atoms with van der Waals surface area (Å²) in [6.07, 6.45) is 1.70. The maximum Gasteiger partial charge on any atom is 0.266 e. The predicted octanol–water partition coefficient (Wildman–Crippen LogP) is 3.39. The Labute approximate surface area is 123 Å². The number of nitrogen functional groups attached to an aromatic ring is 1. The zero-order chi connectivity index (χ0) is 14.9. The molecule has 0 unspecified atom stereocenters. The molecular formula is C15H21N3OS. The first kappa shape index (κ1) is 14.8. The van der Waals surface area contributed by atoms with E-state index in [9.17, 15) is 4.79 Å². The molecule has 5 heteroatoms. The molecule has 0 aliphatic rings. The van der Waals surface area contributed by atoms with Gasteiger partial charge in [-0.25, -0.2) is 0 Å². The molecule has 0 aliphatic carbocycles. The summed E-state index contributed by atoms with van der Waals surface area (Å²) >= 11 is 1.43. The Kier molecular flexibility index (Phi) is 4.28. The first-order valence-electron chi connectivity index (χ1n) is 6.85. The molecule has 0 fully saturated rings. The lowest BCUT2D eigenvalue weighted by atomic mass is 10.1. The normalized spacial score (nSPS) is 11.5. The summed E-state index contributed by atoms with van der Waals surface area (Å²) in [6.45, 7) is 9.01. The van der Waals surface area contributed by atoms with Crippen LogP contribution >= 0.6 is 11.3 Å². The lowest BCUT2D eigenvalue weighted by Gasteiger charge is -2.28. The SMILES string of the molecule is CC(C)CN(C(=O)c1sc2cccnc2c1N)C(C)C. The molecule has 108 valence electrons. The fourth-order valence-electron chi connectivity index (χ4n) is 2.16.